The van der Waals surface area contributed by atoms with Crippen molar-refractivity contribution in [1.29, 1.82) is 0 Å². The van der Waals surface area contributed by atoms with Gasteiger partial charge in [0, 0.05) is 18.2 Å². The Kier molecular flexibility index (Phi) is 5.80. The maximum atomic E-state index is 14.2. The molecule has 0 spiro atoms. The second kappa shape index (κ2) is 7.60. The SMILES string of the molecule is CCNC(CCC1CCCO1)c1c(F)cccc1OC. The summed E-state index contributed by atoms with van der Waals surface area (Å²) < 4.78 is 25.1. The third-order valence-corrected chi connectivity index (χ3v) is 3.83. The Morgan fingerprint density at radius 3 is 3.00 bits per heavy atom. The van der Waals surface area contributed by atoms with Crippen molar-refractivity contribution in [3.63, 3.8) is 0 Å². The summed E-state index contributed by atoms with van der Waals surface area (Å²) in [6.45, 7) is 3.69. The summed E-state index contributed by atoms with van der Waals surface area (Å²) in [6, 6.07) is 4.96. The largest absolute Gasteiger partial charge is 0.496 e. The van der Waals surface area contributed by atoms with Gasteiger partial charge in [-0.05, 0) is 44.4 Å². The van der Waals surface area contributed by atoms with Crippen molar-refractivity contribution in [2.24, 2.45) is 0 Å². The highest BCUT2D eigenvalue weighted by atomic mass is 19.1. The smallest absolute Gasteiger partial charge is 0.131 e. The van der Waals surface area contributed by atoms with Crippen LogP contribution in [0.5, 0.6) is 5.75 Å². The number of nitrogens with one attached hydrogen (secondary N) is 1. The number of methoxy groups -OCH3 is 1. The molecule has 0 bridgehead atoms. The maximum absolute atomic E-state index is 14.2. The van der Waals surface area contributed by atoms with E-state index in [2.05, 4.69) is 5.32 Å². The van der Waals surface area contributed by atoms with Crippen LogP contribution in [0, 0.1) is 5.82 Å². The number of ether oxygens (including phenoxy) is 2. The summed E-state index contributed by atoms with van der Waals surface area (Å²) in [6.07, 6.45) is 4.39. The molecule has 0 aliphatic carbocycles. The second-order valence-corrected chi connectivity index (χ2v) is 5.18. The van der Waals surface area contributed by atoms with E-state index in [-0.39, 0.29) is 11.9 Å². The first-order valence-corrected chi connectivity index (χ1v) is 7.43. The van der Waals surface area contributed by atoms with Gasteiger partial charge in [0.1, 0.15) is 11.6 Å². The van der Waals surface area contributed by atoms with Gasteiger partial charge in [-0.25, -0.2) is 4.39 Å². The number of halogens is 1. The van der Waals surface area contributed by atoms with Gasteiger partial charge in [0.25, 0.3) is 0 Å². The van der Waals surface area contributed by atoms with Crippen molar-refractivity contribution in [2.45, 2.75) is 44.8 Å². The third kappa shape index (κ3) is 3.70. The molecular formula is C16H24FNO2. The van der Waals surface area contributed by atoms with Gasteiger partial charge in [-0.2, -0.15) is 0 Å². The molecule has 3 nitrogen and oxygen atoms in total. The molecule has 1 saturated heterocycles. The molecule has 0 aromatic heterocycles. The van der Waals surface area contributed by atoms with Crippen LogP contribution in [0.3, 0.4) is 0 Å². The number of rotatable bonds is 7. The van der Waals surface area contributed by atoms with Crippen molar-refractivity contribution in [3.05, 3.63) is 29.6 Å². The van der Waals surface area contributed by atoms with Crippen LogP contribution in [0.15, 0.2) is 18.2 Å². The zero-order valence-electron chi connectivity index (χ0n) is 12.3. The molecule has 1 fully saturated rings. The Hall–Kier alpha value is -1.13. The highest BCUT2D eigenvalue weighted by Crippen LogP contribution is 2.32. The topological polar surface area (TPSA) is 30.5 Å². The molecular weight excluding hydrogens is 257 g/mol. The van der Waals surface area contributed by atoms with E-state index in [1.807, 2.05) is 13.0 Å². The fourth-order valence-corrected chi connectivity index (χ4v) is 2.85. The van der Waals surface area contributed by atoms with E-state index < -0.39 is 0 Å². The predicted molar refractivity (Wildman–Crippen MR) is 77.6 cm³/mol. The van der Waals surface area contributed by atoms with E-state index in [0.29, 0.717) is 17.4 Å². The molecule has 1 aliphatic heterocycles. The third-order valence-electron chi connectivity index (χ3n) is 3.83. The van der Waals surface area contributed by atoms with Crippen molar-refractivity contribution in [3.8, 4) is 5.75 Å². The van der Waals surface area contributed by atoms with Gasteiger partial charge >= 0.3 is 0 Å². The highest BCUT2D eigenvalue weighted by Gasteiger charge is 2.22. The Bertz CT molecular complexity index is 419. The Morgan fingerprint density at radius 2 is 2.35 bits per heavy atom. The van der Waals surface area contributed by atoms with Crippen LogP contribution in [-0.2, 0) is 4.74 Å². The van der Waals surface area contributed by atoms with Crippen molar-refractivity contribution >= 4 is 0 Å². The number of benzene rings is 1. The summed E-state index contributed by atoms with van der Waals surface area (Å²) in [4.78, 5) is 0. The van der Waals surface area contributed by atoms with Crippen molar-refractivity contribution in [2.75, 3.05) is 20.3 Å². The first-order chi connectivity index (χ1) is 9.76. The fraction of sp³-hybridized carbons (Fsp3) is 0.625. The molecule has 20 heavy (non-hydrogen) atoms. The normalized spacial score (nSPS) is 20.1. The second-order valence-electron chi connectivity index (χ2n) is 5.18. The molecule has 1 N–H and O–H groups in total. The molecule has 1 heterocycles. The minimum Gasteiger partial charge on any atom is -0.496 e. The molecule has 2 rings (SSSR count). The predicted octanol–water partition coefficient (Wildman–Crippen LogP) is 3.44. The van der Waals surface area contributed by atoms with Gasteiger partial charge in [-0.15, -0.1) is 0 Å². The molecule has 2 unspecified atom stereocenters. The van der Waals surface area contributed by atoms with E-state index >= 15 is 0 Å². The van der Waals surface area contributed by atoms with Gasteiger partial charge in [0.15, 0.2) is 0 Å². The molecule has 2 atom stereocenters. The van der Waals surface area contributed by atoms with Gasteiger partial charge in [-0.1, -0.05) is 13.0 Å². The van der Waals surface area contributed by atoms with Crippen LogP contribution in [-0.4, -0.2) is 26.4 Å². The summed E-state index contributed by atoms with van der Waals surface area (Å²) in [5, 5.41) is 3.36. The van der Waals surface area contributed by atoms with Crippen LogP contribution in [0.4, 0.5) is 4.39 Å². The average Bonchev–Trinajstić information content (AvgIpc) is 2.97. The minimum absolute atomic E-state index is 0.0275. The molecule has 0 amide bonds. The fourth-order valence-electron chi connectivity index (χ4n) is 2.85. The van der Waals surface area contributed by atoms with Crippen molar-refractivity contribution in [1.82, 2.24) is 5.32 Å². The molecule has 1 aliphatic rings. The van der Waals surface area contributed by atoms with Crippen LogP contribution >= 0.6 is 0 Å². The monoisotopic (exact) mass is 281 g/mol. The minimum atomic E-state index is -0.206. The lowest BCUT2D eigenvalue weighted by molar-refractivity contribution is 0.0994. The maximum Gasteiger partial charge on any atom is 0.131 e. The lowest BCUT2D eigenvalue weighted by Gasteiger charge is -2.22. The lowest BCUT2D eigenvalue weighted by Crippen LogP contribution is -2.24. The molecule has 1 aromatic rings. The Labute approximate surface area is 120 Å². The van der Waals surface area contributed by atoms with E-state index in [1.54, 1.807) is 13.2 Å². The zero-order valence-corrected chi connectivity index (χ0v) is 12.3. The molecule has 0 saturated carbocycles. The van der Waals surface area contributed by atoms with Gasteiger partial charge in [0.05, 0.1) is 13.2 Å². The van der Waals surface area contributed by atoms with Gasteiger partial charge in [0.2, 0.25) is 0 Å². The van der Waals surface area contributed by atoms with E-state index in [9.17, 15) is 4.39 Å². The van der Waals surface area contributed by atoms with E-state index in [4.69, 9.17) is 9.47 Å². The summed E-state index contributed by atoms with van der Waals surface area (Å²) >= 11 is 0. The Morgan fingerprint density at radius 1 is 1.50 bits per heavy atom. The summed E-state index contributed by atoms with van der Waals surface area (Å²) in [5.41, 5.74) is 0.634. The zero-order chi connectivity index (χ0) is 14.4. The van der Waals surface area contributed by atoms with E-state index in [1.165, 1.54) is 6.07 Å². The first-order valence-electron chi connectivity index (χ1n) is 7.43. The molecule has 4 heteroatoms. The molecule has 1 aromatic carbocycles. The highest BCUT2D eigenvalue weighted by molar-refractivity contribution is 5.37. The first kappa shape index (κ1) is 15.3. The van der Waals surface area contributed by atoms with Crippen molar-refractivity contribution < 1.29 is 13.9 Å². The van der Waals surface area contributed by atoms with Gasteiger partial charge in [-0.3, -0.25) is 0 Å². The lowest BCUT2D eigenvalue weighted by atomic mass is 9.97. The standard InChI is InChI=1S/C16H24FNO2/c1-3-18-14(10-9-12-6-5-11-20-12)16-13(17)7-4-8-15(16)19-2/h4,7-8,12,14,18H,3,5-6,9-11H2,1-2H3. The summed E-state index contributed by atoms with van der Waals surface area (Å²) in [5.74, 6) is 0.408. The number of hydrogen-bond donors (Lipinski definition) is 1. The number of hydrogen-bond acceptors (Lipinski definition) is 3. The average molecular weight is 281 g/mol. The van der Waals surface area contributed by atoms with Gasteiger partial charge < -0.3 is 14.8 Å². The molecule has 0 radical (unpaired) electrons. The van der Waals surface area contributed by atoms with Crippen LogP contribution < -0.4 is 10.1 Å². The Balaban J connectivity index is 2.10. The van der Waals surface area contributed by atoms with Crippen LogP contribution in [0.1, 0.15) is 44.2 Å². The summed E-state index contributed by atoms with van der Waals surface area (Å²) in [7, 11) is 1.58. The van der Waals surface area contributed by atoms with E-state index in [0.717, 1.165) is 38.8 Å². The quantitative estimate of drug-likeness (QED) is 0.830. The molecule has 112 valence electrons. The van der Waals surface area contributed by atoms with Crippen LogP contribution in [0.25, 0.3) is 0 Å². The van der Waals surface area contributed by atoms with Crippen LogP contribution in [0.2, 0.25) is 0 Å².